The number of imidazole rings is 4. The SMILES string of the molecule is Oc1cc(N(c2ccc(-c3nccn3-c3ccccc3)cc2)c2ccc(-c3nccn3-c3ccccc3)cc2)ccc1C1C(O)C(c2ccc(N(c3ccc(-c4nccn4-c4ccccc4)cc3)c3ccc(-c4nccn4-c4ccccc4)cc3)cc2O)C1O. The summed E-state index contributed by atoms with van der Waals surface area (Å²) in [7, 11) is 0. The number of aromatic hydroxyl groups is 2. The number of hydrogen-bond donors (Lipinski definition) is 4. The zero-order valence-electron chi connectivity index (χ0n) is 48.4. The Bertz CT molecular complexity index is 4230. The molecule has 4 heterocycles. The Hall–Kier alpha value is -11.8. The number of phenols is 2. The van der Waals surface area contributed by atoms with Crippen molar-refractivity contribution in [3.05, 3.63) is 315 Å². The molecular weight excluding hydrogens is 1120 g/mol. The summed E-state index contributed by atoms with van der Waals surface area (Å²) in [6.07, 6.45) is 12.7. The van der Waals surface area contributed by atoms with Gasteiger partial charge in [-0.3, -0.25) is 18.3 Å². The van der Waals surface area contributed by atoms with Crippen LogP contribution in [0.2, 0.25) is 0 Å². The van der Waals surface area contributed by atoms with E-state index in [1.54, 1.807) is 49.1 Å². The molecule has 0 saturated heterocycles. The van der Waals surface area contributed by atoms with Crippen molar-refractivity contribution in [3.63, 3.8) is 0 Å². The molecule has 0 atom stereocenters. The lowest BCUT2D eigenvalue weighted by atomic mass is 9.63. The molecule has 14 heteroatoms. The van der Waals surface area contributed by atoms with Crippen molar-refractivity contribution < 1.29 is 20.4 Å². The number of benzene rings is 10. The number of anilines is 6. The molecule has 0 spiro atoms. The predicted octanol–water partition coefficient (Wildman–Crippen LogP) is 16.1. The minimum atomic E-state index is -1.15. The molecule has 1 aliphatic rings. The average Bonchev–Trinajstić information content (AvgIpc) is 0.957. The quantitative estimate of drug-likeness (QED) is 0.0734. The molecule has 14 aromatic rings. The highest BCUT2D eigenvalue weighted by Crippen LogP contribution is 2.54. The van der Waals surface area contributed by atoms with Crippen molar-refractivity contribution >= 4 is 34.1 Å². The fraction of sp³-hybridized carbons (Fsp3) is 0.0526. The Morgan fingerprint density at radius 2 is 0.511 bits per heavy atom. The van der Waals surface area contributed by atoms with Crippen LogP contribution in [0.3, 0.4) is 0 Å². The van der Waals surface area contributed by atoms with Gasteiger partial charge in [0.15, 0.2) is 0 Å². The van der Waals surface area contributed by atoms with Gasteiger partial charge in [-0.1, -0.05) is 84.9 Å². The second-order valence-electron chi connectivity index (χ2n) is 22.2. The molecule has 0 radical (unpaired) electrons. The van der Waals surface area contributed by atoms with Crippen LogP contribution in [0.4, 0.5) is 34.1 Å². The molecule has 1 fully saturated rings. The van der Waals surface area contributed by atoms with Crippen LogP contribution in [0.25, 0.3) is 68.3 Å². The van der Waals surface area contributed by atoms with Gasteiger partial charge in [0.2, 0.25) is 0 Å². The van der Waals surface area contributed by atoms with Crippen LogP contribution in [0.15, 0.2) is 304 Å². The van der Waals surface area contributed by atoms with Gasteiger partial charge in [0.25, 0.3) is 0 Å². The molecular formula is C76H58N10O4. The molecule has 436 valence electrons. The van der Waals surface area contributed by atoms with Crippen LogP contribution in [-0.4, -0.2) is 70.8 Å². The molecule has 14 nitrogen and oxygen atoms in total. The van der Waals surface area contributed by atoms with E-state index in [0.717, 1.165) is 91.1 Å². The van der Waals surface area contributed by atoms with Crippen LogP contribution in [-0.2, 0) is 0 Å². The van der Waals surface area contributed by atoms with Crippen LogP contribution >= 0.6 is 0 Å². The summed E-state index contributed by atoms with van der Waals surface area (Å²) in [5.41, 5.74) is 13.0. The lowest BCUT2D eigenvalue weighted by Gasteiger charge is -2.47. The molecule has 0 amide bonds. The standard InChI is InChI=1S/C76H58N10O4/c87-67-49-63(85(59-29-21-51(22-30-59)73-77-41-45-81(73)55-13-5-1-6-14-55)60-31-23-52(24-32-60)74-78-42-46-82(74)56-15-7-2-8-16-56)37-39-65(67)69-71(89)70(72(69)90)66-40-38-64(50-68(66)88)86(61-33-25-53(26-34-61)75-79-43-47-83(75)57-17-9-3-10-18-57)62-35-27-54(28-36-62)76-80-44-48-84(76)58-19-11-4-12-20-58/h1-50,69-72,87-90H. The molecule has 0 bridgehead atoms. The fourth-order valence-corrected chi connectivity index (χ4v) is 12.5. The van der Waals surface area contributed by atoms with Gasteiger partial charge in [0.1, 0.15) is 34.8 Å². The van der Waals surface area contributed by atoms with E-state index in [2.05, 4.69) is 28.1 Å². The fourth-order valence-electron chi connectivity index (χ4n) is 12.5. The number of phenolic OH excluding ortho intramolecular Hbond substituents is 2. The number of hydrogen-bond acceptors (Lipinski definition) is 10. The van der Waals surface area contributed by atoms with E-state index in [1.165, 1.54) is 0 Å². The van der Waals surface area contributed by atoms with Gasteiger partial charge in [-0.25, -0.2) is 19.9 Å². The first-order valence-corrected chi connectivity index (χ1v) is 29.7. The van der Waals surface area contributed by atoms with Gasteiger partial charge < -0.3 is 30.2 Å². The highest BCUT2D eigenvalue weighted by molar-refractivity contribution is 5.82. The van der Waals surface area contributed by atoms with Crippen molar-refractivity contribution in [2.24, 2.45) is 0 Å². The molecule has 1 aliphatic carbocycles. The van der Waals surface area contributed by atoms with E-state index in [1.807, 2.05) is 255 Å². The summed E-state index contributed by atoms with van der Waals surface area (Å²) in [6.45, 7) is 0. The van der Waals surface area contributed by atoms with Gasteiger partial charge in [0, 0.05) is 164 Å². The van der Waals surface area contributed by atoms with Gasteiger partial charge in [0.05, 0.1) is 12.2 Å². The minimum absolute atomic E-state index is 0.0950. The van der Waals surface area contributed by atoms with Crippen molar-refractivity contribution in [1.82, 2.24) is 38.2 Å². The van der Waals surface area contributed by atoms with Crippen molar-refractivity contribution in [2.75, 3.05) is 9.80 Å². The second kappa shape index (κ2) is 23.4. The van der Waals surface area contributed by atoms with Crippen molar-refractivity contribution in [2.45, 2.75) is 24.0 Å². The summed E-state index contributed by atoms with van der Waals surface area (Å²) in [4.78, 5) is 23.0. The van der Waals surface area contributed by atoms with Crippen LogP contribution in [0.5, 0.6) is 11.5 Å². The first-order valence-electron chi connectivity index (χ1n) is 29.7. The van der Waals surface area contributed by atoms with Gasteiger partial charge in [-0.15, -0.1) is 0 Å². The molecule has 0 aliphatic heterocycles. The summed E-state index contributed by atoms with van der Waals surface area (Å²) < 4.78 is 8.21. The topological polar surface area (TPSA) is 159 Å². The lowest BCUT2D eigenvalue weighted by molar-refractivity contribution is -0.0797. The molecule has 90 heavy (non-hydrogen) atoms. The maximum absolute atomic E-state index is 12.1. The second-order valence-corrected chi connectivity index (χ2v) is 22.2. The predicted molar refractivity (Wildman–Crippen MR) is 353 cm³/mol. The Morgan fingerprint density at radius 3 is 0.744 bits per heavy atom. The number of rotatable bonds is 16. The average molecular weight is 1180 g/mol. The van der Waals surface area contributed by atoms with E-state index in [4.69, 9.17) is 19.9 Å². The number of aromatic nitrogens is 8. The minimum Gasteiger partial charge on any atom is -0.508 e. The van der Waals surface area contributed by atoms with Gasteiger partial charge in [-0.2, -0.15) is 0 Å². The van der Waals surface area contributed by atoms with E-state index < -0.39 is 24.0 Å². The third-order valence-corrected chi connectivity index (χ3v) is 17.0. The van der Waals surface area contributed by atoms with Crippen molar-refractivity contribution in [3.8, 4) is 79.8 Å². The van der Waals surface area contributed by atoms with E-state index in [9.17, 15) is 20.4 Å². The van der Waals surface area contributed by atoms with Crippen molar-refractivity contribution in [1.29, 1.82) is 0 Å². The molecule has 4 aromatic heterocycles. The maximum atomic E-state index is 12.1. The van der Waals surface area contributed by atoms with Gasteiger partial charge >= 0.3 is 0 Å². The summed E-state index contributed by atoms with van der Waals surface area (Å²) >= 11 is 0. The summed E-state index contributed by atoms with van der Waals surface area (Å²) in [5, 5.41) is 48.4. The largest absolute Gasteiger partial charge is 0.508 e. The molecule has 10 aromatic carbocycles. The smallest absolute Gasteiger partial charge is 0.144 e. The Labute approximate surface area is 519 Å². The summed E-state index contributed by atoms with van der Waals surface area (Å²) in [5.74, 6) is 1.25. The zero-order valence-corrected chi connectivity index (χ0v) is 48.4. The first kappa shape index (κ1) is 54.8. The summed E-state index contributed by atoms with van der Waals surface area (Å²) in [6, 6.07) is 83.5. The van der Waals surface area contributed by atoms with Crippen LogP contribution in [0, 0.1) is 0 Å². The van der Waals surface area contributed by atoms with Crippen LogP contribution in [0.1, 0.15) is 23.0 Å². The molecule has 0 unspecified atom stereocenters. The normalized spacial score (nSPS) is 15.3. The highest BCUT2D eigenvalue weighted by atomic mass is 16.3. The Morgan fingerprint density at radius 1 is 0.278 bits per heavy atom. The third-order valence-electron chi connectivity index (χ3n) is 17.0. The number of aliphatic hydroxyl groups is 2. The number of nitrogens with zero attached hydrogens (tertiary/aromatic N) is 10. The number of aliphatic hydroxyl groups excluding tert-OH is 2. The third kappa shape index (κ3) is 10.1. The molecule has 1 saturated carbocycles. The maximum Gasteiger partial charge on any atom is 0.144 e. The van der Waals surface area contributed by atoms with E-state index >= 15 is 0 Å². The highest BCUT2D eigenvalue weighted by Gasteiger charge is 2.52. The Balaban J connectivity index is 0.727. The first-order chi connectivity index (χ1) is 44.3. The van der Waals surface area contributed by atoms with E-state index in [-0.39, 0.29) is 11.5 Å². The Kier molecular flexibility index (Phi) is 14.3. The number of para-hydroxylation sites is 4. The molecule has 15 rings (SSSR count). The van der Waals surface area contributed by atoms with Gasteiger partial charge in [-0.05, 0) is 158 Å². The monoisotopic (exact) mass is 1170 g/mol. The van der Waals surface area contributed by atoms with E-state index in [0.29, 0.717) is 22.5 Å². The van der Waals surface area contributed by atoms with Crippen LogP contribution < -0.4 is 9.80 Å². The lowest BCUT2D eigenvalue weighted by Crippen LogP contribution is -2.51. The molecule has 4 N–H and O–H groups in total. The zero-order chi connectivity index (χ0) is 60.7.